The van der Waals surface area contributed by atoms with Crippen LogP contribution in [0.25, 0.3) is 0 Å². The van der Waals surface area contributed by atoms with Crippen LogP contribution in [0.3, 0.4) is 0 Å². The molecule has 0 aliphatic rings. The molecule has 3 heteroatoms. The van der Waals surface area contributed by atoms with Gasteiger partial charge in [-0.2, -0.15) is 0 Å². The SMILES string of the molecule is C[SiH2][SiH](C)[SiH2]c1ccccc1. The molecule has 0 aromatic heterocycles. The largest absolute Gasteiger partial charge is 0.0771 e. The monoisotopic (exact) mass is 196 g/mol. The fourth-order valence-corrected chi connectivity index (χ4v) is 12.5. The summed E-state index contributed by atoms with van der Waals surface area (Å²) in [6.07, 6.45) is 0. The van der Waals surface area contributed by atoms with Crippen LogP contribution in [0.15, 0.2) is 30.3 Å². The number of benzene rings is 1. The average molecular weight is 196 g/mol. The van der Waals surface area contributed by atoms with E-state index < -0.39 is 0 Å². The van der Waals surface area contributed by atoms with Crippen molar-refractivity contribution in [1.82, 2.24) is 0 Å². The first-order chi connectivity index (χ1) is 5.33. The molecule has 1 aromatic rings. The van der Waals surface area contributed by atoms with Gasteiger partial charge in [-0.15, -0.1) is 0 Å². The van der Waals surface area contributed by atoms with E-state index in [1.165, 1.54) is 0 Å². The second-order valence-corrected chi connectivity index (χ2v) is 23.0. The van der Waals surface area contributed by atoms with Crippen LogP contribution < -0.4 is 5.19 Å². The minimum absolute atomic E-state index is 0.130. The molecule has 60 valence electrons. The lowest BCUT2D eigenvalue weighted by atomic mass is 10.4. The highest BCUT2D eigenvalue weighted by Crippen LogP contribution is 1.83. The lowest BCUT2D eigenvalue weighted by molar-refractivity contribution is 1.77. The molecule has 0 aliphatic heterocycles. The Hall–Kier alpha value is -0.129. The Kier molecular flexibility index (Phi) is 3.82. The Morgan fingerprint density at radius 2 is 1.82 bits per heavy atom. The van der Waals surface area contributed by atoms with E-state index >= 15 is 0 Å². The summed E-state index contributed by atoms with van der Waals surface area (Å²) in [7, 11) is 0.479. The summed E-state index contributed by atoms with van der Waals surface area (Å²) >= 11 is 0. The molecule has 0 spiro atoms. The van der Waals surface area contributed by atoms with Crippen molar-refractivity contribution < 1.29 is 0 Å². The first-order valence-corrected chi connectivity index (χ1v) is 14.2. The van der Waals surface area contributed by atoms with E-state index in [1.807, 2.05) is 0 Å². The van der Waals surface area contributed by atoms with Crippen molar-refractivity contribution in [3.63, 3.8) is 0 Å². The van der Waals surface area contributed by atoms with Crippen molar-refractivity contribution in [3.8, 4) is 0 Å². The summed E-state index contributed by atoms with van der Waals surface area (Å²) in [5.41, 5.74) is 0. The Bertz CT molecular complexity index is 198. The van der Waals surface area contributed by atoms with Crippen LogP contribution in [0.2, 0.25) is 13.1 Å². The van der Waals surface area contributed by atoms with Gasteiger partial charge in [-0.25, -0.2) is 0 Å². The first-order valence-electron chi connectivity index (χ1n) is 4.37. The van der Waals surface area contributed by atoms with Crippen molar-refractivity contribution in [2.45, 2.75) is 13.1 Å². The molecule has 0 bridgehead atoms. The second-order valence-electron chi connectivity index (χ2n) is 3.20. The number of rotatable bonds is 3. The van der Waals surface area contributed by atoms with E-state index in [2.05, 4.69) is 43.4 Å². The lowest BCUT2D eigenvalue weighted by Crippen LogP contribution is -2.33. The topological polar surface area (TPSA) is 0 Å². The Balaban J connectivity index is 2.51. The molecule has 1 atom stereocenters. The molecule has 0 nitrogen and oxygen atoms in total. The van der Waals surface area contributed by atoms with Gasteiger partial charge in [-0.05, 0) is 0 Å². The summed E-state index contributed by atoms with van der Waals surface area (Å²) in [4.78, 5) is 0. The summed E-state index contributed by atoms with van der Waals surface area (Å²) in [5, 5.41) is 1.70. The van der Waals surface area contributed by atoms with Crippen LogP contribution in [-0.2, 0) is 0 Å². The fourth-order valence-electron chi connectivity index (χ4n) is 1.16. The van der Waals surface area contributed by atoms with Crippen molar-refractivity contribution in [1.29, 1.82) is 0 Å². The third kappa shape index (κ3) is 3.18. The molecular weight excluding hydrogens is 180 g/mol. The first kappa shape index (κ1) is 8.96. The van der Waals surface area contributed by atoms with Gasteiger partial charge in [-0.1, -0.05) is 48.6 Å². The van der Waals surface area contributed by atoms with Gasteiger partial charge in [0.25, 0.3) is 0 Å². The molecule has 0 radical (unpaired) electrons. The molecule has 11 heavy (non-hydrogen) atoms. The van der Waals surface area contributed by atoms with Crippen molar-refractivity contribution in [2.24, 2.45) is 0 Å². The number of hydrogen-bond acceptors (Lipinski definition) is 0. The molecule has 0 aliphatic carbocycles. The van der Waals surface area contributed by atoms with Crippen LogP contribution in [0.5, 0.6) is 0 Å². The molecule has 0 saturated carbocycles. The van der Waals surface area contributed by atoms with Crippen LogP contribution in [0, 0.1) is 0 Å². The molecular formula is C8H16Si3. The van der Waals surface area contributed by atoms with Gasteiger partial charge in [0.1, 0.15) is 0 Å². The van der Waals surface area contributed by atoms with Crippen LogP contribution >= 0.6 is 0 Å². The van der Waals surface area contributed by atoms with Gasteiger partial charge in [0.2, 0.25) is 0 Å². The molecule has 0 heterocycles. The van der Waals surface area contributed by atoms with E-state index in [4.69, 9.17) is 0 Å². The summed E-state index contributed by atoms with van der Waals surface area (Å²) in [6.45, 7) is 5.04. The van der Waals surface area contributed by atoms with Crippen LogP contribution in [0.1, 0.15) is 0 Å². The molecule has 1 unspecified atom stereocenters. The smallest absolute Gasteiger partial charge is 0.0427 e. The highest BCUT2D eigenvalue weighted by atomic mass is 29.6. The zero-order valence-electron chi connectivity index (χ0n) is 7.38. The fraction of sp³-hybridized carbons (Fsp3) is 0.250. The molecule has 1 rings (SSSR count). The maximum Gasteiger partial charge on any atom is 0.0427 e. The predicted octanol–water partition coefficient (Wildman–Crippen LogP) is -0.452. The highest BCUT2D eigenvalue weighted by Gasteiger charge is 2.01. The Labute approximate surface area is 74.9 Å². The summed E-state index contributed by atoms with van der Waals surface area (Å²) < 4.78 is 0. The minimum atomic E-state index is -0.130. The molecule has 0 N–H and O–H groups in total. The predicted molar refractivity (Wildman–Crippen MR) is 62.0 cm³/mol. The maximum absolute atomic E-state index is 2.56. The van der Waals surface area contributed by atoms with E-state index in [1.54, 1.807) is 5.19 Å². The quantitative estimate of drug-likeness (QED) is 0.575. The summed E-state index contributed by atoms with van der Waals surface area (Å²) in [5.74, 6) is 0. The van der Waals surface area contributed by atoms with Gasteiger partial charge in [0, 0.05) is 25.9 Å². The maximum atomic E-state index is 2.56. The zero-order chi connectivity index (χ0) is 8.10. The lowest BCUT2D eigenvalue weighted by Gasteiger charge is -2.03. The van der Waals surface area contributed by atoms with Crippen molar-refractivity contribution in [2.75, 3.05) is 0 Å². The van der Waals surface area contributed by atoms with Gasteiger partial charge in [0.15, 0.2) is 0 Å². The summed E-state index contributed by atoms with van der Waals surface area (Å²) in [6, 6.07) is 11.1. The Morgan fingerprint density at radius 1 is 1.18 bits per heavy atom. The Morgan fingerprint density at radius 3 is 2.36 bits per heavy atom. The normalized spacial score (nSPS) is 15.1. The minimum Gasteiger partial charge on any atom is -0.0771 e. The standard InChI is InChI=1S/C8H16Si3/c1-9-11(2)10-8-6-4-3-5-7-8/h3-7,11H,9-10H2,1-2H3. The van der Waals surface area contributed by atoms with Crippen molar-refractivity contribution in [3.05, 3.63) is 30.3 Å². The van der Waals surface area contributed by atoms with Gasteiger partial charge >= 0.3 is 0 Å². The second kappa shape index (κ2) is 4.69. The molecule has 0 amide bonds. The van der Waals surface area contributed by atoms with E-state index in [0.29, 0.717) is 9.04 Å². The van der Waals surface area contributed by atoms with Gasteiger partial charge < -0.3 is 0 Å². The number of hydrogen-bond donors (Lipinski definition) is 0. The van der Waals surface area contributed by atoms with E-state index in [9.17, 15) is 0 Å². The third-order valence-corrected chi connectivity index (χ3v) is 20.6. The van der Waals surface area contributed by atoms with Crippen molar-refractivity contribution >= 4 is 31.1 Å². The zero-order valence-corrected chi connectivity index (χ0v) is 11.4. The van der Waals surface area contributed by atoms with E-state index in [0.717, 1.165) is 0 Å². The van der Waals surface area contributed by atoms with Crippen LogP contribution in [-0.4, -0.2) is 25.9 Å². The molecule has 1 aromatic carbocycles. The molecule has 0 saturated heterocycles. The van der Waals surface area contributed by atoms with Crippen LogP contribution in [0.4, 0.5) is 0 Å². The molecule has 0 fully saturated rings. The third-order valence-electron chi connectivity index (χ3n) is 2.12. The van der Waals surface area contributed by atoms with Gasteiger partial charge in [-0.3, -0.25) is 0 Å². The highest BCUT2D eigenvalue weighted by molar-refractivity contribution is 7.41. The van der Waals surface area contributed by atoms with E-state index in [-0.39, 0.29) is 16.9 Å². The van der Waals surface area contributed by atoms with Gasteiger partial charge in [0.05, 0.1) is 0 Å². The average Bonchev–Trinajstić information content (AvgIpc) is 2.06.